The summed E-state index contributed by atoms with van der Waals surface area (Å²) in [4.78, 5) is 0. The molecule has 2 rings (SSSR count). The topological polar surface area (TPSA) is 80.9 Å². The number of rotatable bonds is 0. The lowest BCUT2D eigenvalue weighted by atomic mass is 10.2. The van der Waals surface area contributed by atoms with Gasteiger partial charge in [0.2, 0.25) is 0 Å². The molecule has 0 aliphatic carbocycles. The highest BCUT2D eigenvalue weighted by molar-refractivity contribution is 6.43. The predicted molar refractivity (Wildman–Crippen MR) is 79.3 cm³/mol. The second kappa shape index (κ2) is 6.79. The zero-order chi connectivity index (χ0) is 15.4. The SMILES string of the molecule is Cc1c(O)cc(Cl)c(Cl)c1O.Oc1ccc(Cl)c(O)c1. The first kappa shape index (κ1) is 16.6. The van der Waals surface area contributed by atoms with E-state index in [2.05, 4.69) is 0 Å². The summed E-state index contributed by atoms with van der Waals surface area (Å²) < 4.78 is 0. The fraction of sp³-hybridized carbons (Fsp3) is 0.0769. The van der Waals surface area contributed by atoms with Crippen LogP contribution >= 0.6 is 34.8 Å². The Morgan fingerprint density at radius 1 is 0.800 bits per heavy atom. The van der Waals surface area contributed by atoms with E-state index in [-0.39, 0.29) is 38.1 Å². The van der Waals surface area contributed by atoms with Crippen LogP contribution in [0.1, 0.15) is 5.56 Å². The number of phenols is 4. The highest BCUT2D eigenvalue weighted by atomic mass is 35.5. The van der Waals surface area contributed by atoms with Crippen molar-refractivity contribution >= 4 is 34.8 Å². The Labute approximate surface area is 130 Å². The Balaban J connectivity index is 0.000000204. The standard InChI is InChI=1S/C7H6Cl2O2.C6H5ClO2/c1-3-5(10)2-4(8)6(9)7(3)11;7-5-2-1-4(8)3-6(5)9/h2,10-11H,1H3;1-3,8-9H. The van der Waals surface area contributed by atoms with Crippen molar-refractivity contribution in [3.05, 3.63) is 44.9 Å². The van der Waals surface area contributed by atoms with E-state index in [1.54, 1.807) is 6.92 Å². The molecule has 0 aliphatic heterocycles. The number of aromatic hydroxyl groups is 4. The Morgan fingerprint density at radius 2 is 1.40 bits per heavy atom. The van der Waals surface area contributed by atoms with Crippen LogP contribution in [-0.2, 0) is 0 Å². The lowest BCUT2D eigenvalue weighted by Gasteiger charge is -2.04. The summed E-state index contributed by atoms with van der Waals surface area (Å²) in [6.07, 6.45) is 0. The smallest absolute Gasteiger partial charge is 0.142 e. The number of benzene rings is 2. The van der Waals surface area contributed by atoms with Crippen LogP contribution in [0.4, 0.5) is 0 Å². The molecule has 20 heavy (non-hydrogen) atoms. The molecule has 0 radical (unpaired) electrons. The third kappa shape index (κ3) is 4.00. The van der Waals surface area contributed by atoms with Gasteiger partial charge in [-0.15, -0.1) is 0 Å². The molecule has 4 N–H and O–H groups in total. The molecule has 0 unspecified atom stereocenters. The lowest BCUT2D eigenvalue weighted by molar-refractivity contribution is 0.443. The van der Waals surface area contributed by atoms with E-state index in [0.29, 0.717) is 5.56 Å². The molecular formula is C13H11Cl3O4. The van der Waals surface area contributed by atoms with Crippen molar-refractivity contribution in [1.29, 1.82) is 0 Å². The molecule has 0 spiro atoms. The quantitative estimate of drug-likeness (QED) is 0.572. The van der Waals surface area contributed by atoms with Crippen LogP contribution in [0.15, 0.2) is 24.3 Å². The lowest BCUT2D eigenvalue weighted by Crippen LogP contribution is -1.79. The molecule has 7 heteroatoms. The molecule has 0 amide bonds. The van der Waals surface area contributed by atoms with Gasteiger partial charge in [0.25, 0.3) is 0 Å². The fourth-order valence-electron chi connectivity index (χ4n) is 1.19. The summed E-state index contributed by atoms with van der Waals surface area (Å²) in [6, 6.07) is 5.30. The van der Waals surface area contributed by atoms with Gasteiger partial charge in [-0.2, -0.15) is 0 Å². The fourth-order valence-corrected chi connectivity index (χ4v) is 1.70. The molecule has 4 nitrogen and oxygen atoms in total. The van der Waals surface area contributed by atoms with Crippen molar-refractivity contribution in [3.8, 4) is 23.0 Å². The molecule has 0 bridgehead atoms. The van der Waals surface area contributed by atoms with Crippen molar-refractivity contribution in [3.63, 3.8) is 0 Å². The van der Waals surface area contributed by atoms with Gasteiger partial charge in [-0.3, -0.25) is 0 Å². The van der Waals surface area contributed by atoms with Gasteiger partial charge in [-0.1, -0.05) is 34.8 Å². The van der Waals surface area contributed by atoms with E-state index in [1.165, 1.54) is 24.3 Å². The largest absolute Gasteiger partial charge is 0.508 e. The molecule has 0 saturated carbocycles. The molecule has 0 heterocycles. The first-order valence-corrected chi connectivity index (χ1v) is 6.41. The Bertz CT molecular complexity index is 603. The van der Waals surface area contributed by atoms with Gasteiger partial charge in [-0.05, 0) is 19.1 Å². The monoisotopic (exact) mass is 336 g/mol. The first-order valence-electron chi connectivity index (χ1n) is 5.28. The van der Waals surface area contributed by atoms with Crippen molar-refractivity contribution in [2.75, 3.05) is 0 Å². The van der Waals surface area contributed by atoms with Crippen molar-refractivity contribution in [2.24, 2.45) is 0 Å². The van der Waals surface area contributed by atoms with E-state index in [0.717, 1.165) is 0 Å². The van der Waals surface area contributed by atoms with E-state index in [9.17, 15) is 5.11 Å². The Hall–Kier alpha value is -1.49. The van der Waals surface area contributed by atoms with Gasteiger partial charge in [-0.25, -0.2) is 0 Å². The normalized spacial score (nSPS) is 9.80. The van der Waals surface area contributed by atoms with Crippen LogP contribution in [-0.4, -0.2) is 20.4 Å². The van der Waals surface area contributed by atoms with E-state index < -0.39 is 0 Å². The maximum atomic E-state index is 9.19. The summed E-state index contributed by atoms with van der Waals surface area (Å²) in [5.74, 6) is -0.317. The maximum absolute atomic E-state index is 9.19. The van der Waals surface area contributed by atoms with Crippen LogP contribution in [0.2, 0.25) is 15.1 Å². The average Bonchev–Trinajstić information content (AvgIpc) is 2.39. The summed E-state index contributed by atoms with van der Waals surface area (Å²) in [7, 11) is 0. The zero-order valence-corrected chi connectivity index (χ0v) is 12.5. The van der Waals surface area contributed by atoms with Gasteiger partial charge in [0.15, 0.2) is 0 Å². The molecule has 0 atom stereocenters. The van der Waals surface area contributed by atoms with Gasteiger partial charge in [0, 0.05) is 17.7 Å². The van der Waals surface area contributed by atoms with Gasteiger partial charge < -0.3 is 20.4 Å². The molecule has 108 valence electrons. The summed E-state index contributed by atoms with van der Waals surface area (Å²) in [6.45, 7) is 1.55. The van der Waals surface area contributed by atoms with Gasteiger partial charge in [0.05, 0.1) is 10.0 Å². The van der Waals surface area contributed by atoms with Crippen LogP contribution in [0.25, 0.3) is 0 Å². The highest BCUT2D eigenvalue weighted by Crippen LogP contribution is 2.38. The molecule has 0 aromatic heterocycles. The van der Waals surface area contributed by atoms with Crippen molar-refractivity contribution in [1.82, 2.24) is 0 Å². The van der Waals surface area contributed by atoms with Crippen LogP contribution < -0.4 is 0 Å². The first-order chi connectivity index (χ1) is 9.23. The predicted octanol–water partition coefficient (Wildman–Crippen LogP) is 4.46. The average molecular weight is 338 g/mol. The van der Waals surface area contributed by atoms with Crippen LogP contribution in [0, 0.1) is 6.92 Å². The molecule has 2 aromatic carbocycles. The molecule has 2 aromatic rings. The van der Waals surface area contributed by atoms with Gasteiger partial charge in [0.1, 0.15) is 28.0 Å². The summed E-state index contributed by atoms with van der Waals surface area (Å²) >= 11 is 16.5. The summed E-state index contributed by atoms with van der Waals surface area (Å²) in [5.41, 5.74) is 0.333. The molecule has 0 fully saturated rings. The maximum Gasteiger partial charge on any atom is 0.142 e. The second-order valence-electron chi connectivity index (χ2n) is 3.80. The van der Waals surface area contributed by atoms with Gasteiger partial charge >= 0.3 is 0 Å². The minimum atomic E-state index is -0.170. The third-order valence-corrected chi connectivity index (χ3v) is 3.45. The minimum Gasteiger partial charge on any atom is -0.508 e. The molecular weight excluding hydrogens is 326 g/mol. The second-order valence-corrected chi connectivity index (χ2v) is 4.99. The number of halogens is 3. The summed E-state index contributed by atoms with van der Waals surface area (Å²) in [5, 5.41) is 36.3. The van der Waals surface area contributed by atoms with Crippen molar-refractivity contribution in [2.45, 2.75) is 6.92 Å². The number of hydrogen-bond acceptors (Lipinski definition) is 4. The zero-order valence-electron chi connectivity index (χ0n) is 10.2. The highest BCUT2D eigenvalue weighted by Gasteiger charge is 2.10. The minimum absolute atomic E-state index is 0.0110. The molecule has 0 saturated heterocycles. The van der Waals surface area contributed by atoms with E-state index in [4.69, 9.17) is 50.1 Å². The Morgan fingerprint density at radius 3 is 1.90 bits per heavy atom. The number of phenolic OH excluding ortho intramolecular Hbond substituents is 4. The molecule has 0 aliphatic rings. The third-order valence-electron chi connectivity index (χ3n) is 2.35. The van der Waals surface area contributed by atoms with Crippen LogP contribution in [0.5, 0.6) is 23.0 Å². The van der Waals surface area contributed by atoms with Crippen molar-refractivity contribution < 1.29 is 20.4 Å². The van der Waals surface area contributed by atoms with Crippen LogP contribution in [0.3, 0.4) is 0 Å². The number of hydrogen-bond donors (Lipinski definition) is 4. The van der Waals surface area contributed by atoms with E-state index >= 15 is 0 Å². The Kier molecular flexibility index (Phi) is 5.62. The van der Waals surface area contributed by atoms with E-state index in [1.807, 2.05) is 0 Å².